The van der Waals surface area contributed by atoms with Gasteiger partial charge in [-0.1, -0.05) is 12.1 Å². The Morgan fingerprint density at radius 2 is 1.86 bits per heavy atom. The van der Waals surface area contributed by atoms with Gasteiger partial charge in [-0.05, 0) is 12.1 Å². The van der Waals surface area contributed by atoms with Crippen molar-refractivity contribution < 1.29 is 13.7 Å². The smallest absolute Gasteiger partial charge is 0.305 e. The van der Waals surface area contributed by atoms with E-state index in [0.29, 0.717) is 23.0 Å². The summed E-state index contributed by atoms with van der Waals surface area (Å²) in [5.74, 6) is -2.56. The van der Waals surface area contributed by atoms with E-state index in [2.05, 4.69) is 9.97 Å². The number of H-pyrrole nitrogens is 1. The third-order valence-electron chi connectivity index (χ3n) is 3.10. The van der Waals surface area contributed by atoms with Crippen LogP contribution >= 0.6 is 0 Å². The largest absolute Gasteiger partial charge is 0.306 e. The SMILES string of the molecule is O=c1[nH]c(-c2cc([N+](=O)[O-])c(F)cc2F)nc2ccccc12. The summed E-state index contributed by atoms with van der Waals surface area (Å²) in [6.45, 7) is 0. The number of aromatic nitrogens is 2. The first-order chi connectivity index (χ1) is 10.5. The topological polar surface area (TPSA) is 88.9 Å². The Balaban J connectivity index is 2.30. The molecule has 0 fully saturated rings. The molecule has 1 heterocycles. The minimum absolute atomic E-state index is 0.204. The number of nitro benzene ring substituents is 1. The van der Waals surface area contributed by atoms with Crippen molar-refractivity contribution in [2.75, 3.05) is 0 Å². The molecule has 22 heavy (non-hydrogen) atoms. The molecule has 2 aromatic carbocycles. The molecule has 0 saturated heterocycles. The lowest BCUT2D eigenvalue weighted by Crippen LogP contribution is -2.10. The molecule has 110 valence electrons. The fourth-order valence-corrected chi connectivity index (χ4v) is 2.07. The van der Waals surface area contributed by atoms with Crippen molar-refractivity contribution >= 4 is 16.6 Å². The van der Waals surface area contributed by atoms with Gasteiger partial charge in [-0.3, -0.25) is 14.9 Å². The number of hydrogen-bond acceptors (Lipinski definition) is 4. The molecule has 0 unspecified atom stereocenters. The number of nitrogens with zero attached hydrogens (tertiary/aromatic N) is 2. The molecule has 6 nitrogen and oxygen atoms in total. The summed E-state index contributed by atoms with van der Waals surface area (Å²) in [4.78, 5) is 28.1. The van der Waals surface area contributed by atoms with Gasteiger partial charge in [-0.2, -0.15) is 4.39 Å². The van der Waals surface area contributed by atoms with E-state index in [9.17, 15) is 23.7 Å². The van der Waals surface area contributed by atoms with Gasteiger partial charge in [0.2, 0.25) is 5.82 Å². The van der Waals surface area contributed by atoms with Gasteiger partial charge in [0.15, 0.2) is 0 Å². The average Bonchev–Trinajstić information content (AvgIpc) is 2.47. The first-order valence-electron chi connectivity index (χ1n) is 6.10. The Kier molecular flexibility index (Phi) is 3.13. The van der Waals surface area contributed by atoms with Crippen LogP contribution in [0.3, 0.4) is 0 Å². The van der Waals surface area contributed by atoms with E-state index in [-0.39, 0.29) is 11.4 Å². The molecule has 0 amide bonds. The number of halogens is 2. The van der Waals surface area contributed by atoms with Gasteiger partial charge in [0.1, 0.15) is 11.6 Å². The fraction of sp³-hybridized carbons (Fsp3) is 0. The van der Waals surface area contributed by atoms with Crippen LogP contribution in [0.15, 0.2) is 41.2 Å². The second kappa shape index (κ2) is 4.99. The molecule has 0 radical (unpaired) electrons. The number of nitrogens with one attached hydrogen (secondary N) is 1. The van der Waals surface area contributed by atoms with E-state index in [4.69, 9.17) is 0 Å². The van der Waals surface area contributed by atoms with Crippen LogP contribution in [0.1, 0.15) is 0 Å². The average molecular weight is 303 g/mol. The summed E-state index contributed by atoms with van der Waals surface area (Å²) in [6.07, 6.45) is 0. The van der Waals surface area contributed by atoms with Gasteiger partial charge in [0.05, 0.1) is 21.4 Å². The Labute approximate surface area is 121 Å². The summed E-state index contributed by atoms with van der Waals surface area (Å²) in [6, 6.07) is 7.46. The number of fused-ring (bicyclic) bond motifs is 1. The van der Waals surface area contributed by atoms with Crippen LogP contribution in [0.2, 0.25) is 0 Å². The fourth-order valence-electron chi connectivity index (χ4n) is 2.07. The maximum atomic E-state index is 13.9. The molecule has 0 spiro atoms. The molecular formula is C14H7F2N3O3. The van der Waals surface area contributed by atoms with Crippen LogP contribution in [0.4, 0.5) is 14.5 Å². The highest BCUT2D eigenvalue weighted by atomic mass is 19.1. The zero-order valence-electron chi connectivity index (χ0n) is 10.8. The van der Waals surface area contributed by atoms with Gasteiger partial charge in [0.25, 0.3) is 5.56 Å². The van der Waals surface area contributed by atoms with E-state index in [1.165, 1.54) is 6.07 Å². The molecule has 0 saturated carbocycles. The quantitative estimate of drug-likeness (QED) is 0.582. The van der Waals surface area contributed by atoms with Crippen molar-refractivity contribution in [1.82, 2.24) is 9.97 Å². The third-order valence-corrected chi connectivity index (χ3v) is 3.10. The Hall–Kier alpha value is -3.16. The third kappa shape index (κ3) is 2.20. The van der Waals surface area contributed by atoms with Gasteiger partial charge < -0.3 is 4.98 Å². The number of rotatable bonds is 2. The number of hydrogen-bond donors (Lipinski definition) is 1. The zero-order valence-corrected chi connectivity index (χ0v) is 10.8. The molecule has 1 aromatic heterocycles. The van der Waals surface area contributed by atoms with Crippen LogP contribution in [0.5, 0.6) is 0 Å². The number of nitro groups is 1. The molecule has 8 heteroatoms. The second-order valence-electron chi connectivity index (χ2n) is 4.47. The molecular weight excluding hydrogens is 296 g/mol. The maximum Gasteiger partial charge on any atom is 0.305 e. The van der Waals surface area contributed by atoms with Gasteiger partial charge in [0, 0.05) is 12.1 Å². The summed E-state index contributed by atoms with van der Waals surface area (Å²) >= 11 is 0. The van der Waals surface area contributed by atoms with Gasteiger partial charge >= 0.3 is 5.69 Å². The second-order valence-corrected chi connectivity index (χ2v) is 4.47. The molecule has 0 bridgehead atoms. The molecule has 0 aliphatic rings. The van der Waals surface area contributed by atoms with Crippen LogP contribution in [0, 0.1) is 21.7 Å². The first kappa shape index (κ1) is 13.8. The van der Waals surface area contributed by atoms with Crippen LogP contribution in [-0.2, 0) is 0 Å². The molecule has 3 aromatic rings. The van der Waals surface area contributed by atoms with Crippen molar-refractivity contribution in [3.63, 3.8) is 0 Å². The predicted molar refractivity (Wildman–Crippen MR) is 74.4 cm³/mol. The highest BCUT2D eigenvalue weighted by molar-refractivity contribution is 5.79. The number of para-hydroxylation sites is 1. The zero-order chi connectivity index (χ0) is 15.9. The highest BCUT2D eigenvalue weighted by Crippen LogP contribution is 2.27. The lowest BCUT2D eigenvalue weighted by atomic mass is 10.1. The highest BCUT2D eigenvalue weighted by Gasteiger charge is 2.21. The Morgan fingerprint density at radius 1 is 1.14 bits per heavy atom. The van der Waals surface area contributed by atoms with Crippen molar-refractivity contribution in [2.24, 2.45) is 0 Å². The van der Waals surface area contributed by atoms with Crippen molar-refractivity contribution in [1.29, 1.82) is 0 Å². The van der Waals surface area contributed by atoms with E-state index < -0.39 is 27.8 Å². The van der Waals surface area contributed by atoms with Crippen molar-refractivity contribution in [2.45, 2.75) is 0 Å². The van der Waals surface area contributed by atoms with Crippen LogP contribution in [0.25, 0.3) is 22.3 Å². The lowest BCUT2D eigenvalue weighted by Gasteiger charge is -2.05. The van der Waals surface area contributed by atoms with Crippen molar-refractivity contribution in [3.05, 3.63) is 68.5 Å². The standard InChI is InChI=1S/C14H7F2N3O3/c15-9-6-10(16)12(19(21)22)5-8(9)13-17-11-4-2-1-3-7(11)14(20)18-13/h1-6H,(H,17,18,20). The summed E-state index contributed by atoms with van der Waals surface area (Å²) in [7, 11) is 0. The number of aromatic amines is 1. The summed E-state index contributed by atoms with van der Waals surface area (Å²) < 4.78 is 27.2. The van der Waals surface area contributed by atoms with E-state index in [1.807, 2.05) is 0 Å². The summed E-state index contributed by atoms with van der Waals surface area (Å²) in [5.41, 5.74) is -1.47. The molecule has 3 rings (SSSR count). The molecule has 0 aliphatic carbocycles. The van der Waals surface area contributed by atoms with Crippen LogP contribution in [-0.4, -0.2) is 14.9 Å². The monoisotopic (exact) mass is 303 g/mol. The van der Waals surface area contributed by atoms with E-state index in [1.54, 1.807) is 18.2 Å². The Bertz CT molecular complexity index is 969. The normalized spacial score (nSPS) is 10.8. The lowest BCUT2D eigenvalue weighted by molar-refractivity contribution is -0.387. The van der Waals surface area contributed by atoms with Crippen molar-refractivity contribution in [3.8, 4) is 11.4 Å². The molecule has 0 atom stereocenters. The predicted octanol–water partition coefficient (Wildman–Crippen LogP) is 2.78. The van der Waals surface area contributed by atoms with Gasteiger partial charge in [-0.25, -0.2) is 9.37 Å². The van der Waals surface area contributed by atoms with E-state index >= 15 is 0 Å². The first-order valence-corrected chi connectivity index (χ1v) is 6.10. The van der Waals surface area contributed by atoms with Crippen LogP contribution < -0.4 is 5.56 Å². The molecule has 0 aliphatic heterocycles. The minimum atomic E-state index is -1.30. The van der Waals surface area contributed by atoms with E-state index in [0.717, 1.165) is 0 Å². The minimum Gasteiger partial charge on any atom is -0.306 e. The molecule has 1 N–H and O–H groups in total. The van der Waals surface area contributed by atoms with Gasteiger partial charge in [-0.15, -0.1) is 0 Å². The Morgan fingerprint density at radius 3 is 2.59 bits per heavy atom. The number of benzene rings is 2. The summed E-state index contributed by atoms with van der Waals surface area (Å²) in [5, 5.41) is 11.0. The maximum absolute atomic E-state index is 13.9.